The van der Waals surface area contributed by atoms with Crippen LogP contribution in [0.1, 0.15) is 5.56 Å². The van der Waals surface area contributed by atoms with Crippen LogP contribution in [-0.2, 0) is 0 Å². The number of para-hydroxylation sites is 5. The lowest BCUT2D eigenvalue weighted by molar-refractivity contribution is 1.12. The van der Waals surface area contributed by atoms with Gasteiger partial charge in [-0.25, -0.2) is 4.85 Å². The predicted molar refractivity (Wildman–Crippen MR) is 226 cm³/mol. The SMILES string of the molecule is [C-]#[N+]c1ccc2c3ccccc3n(-c3cccc(-c4ccc(C#N)c(-n5c6ccccc6c6cccc(-n7c8ccccc8c8ccccc87)c65)c4)c3)c2c1. The zero-order valence-corrected chi connectivity index (χ0v) is 29.5. The van der Waals surface area contributed by atoms with E-state index in [1.165, 1.54) is 10.8 Å². The van der Waals surface area contributed by atoms with Crippen LogP contribution in [0.5, 0.6) is 0 Å². The van der Waals surface area contributed by atoms with E-state index in [4.69, 9.17) is 6.57 Å². The molecule has 0 atom stereocenters. The second kappa shape index (κ2) is 11.8. The van der Waals surface area contributed by atoms with Crippen LogP contribution in [0.15, 0.2) is 176 Å². The first-order valence-corrected chi connectivity index (χ1v) is 18.3. The molecule has 0 aliphatic rings. The molecule has 8 aromatic carbocycles. The number of hydrogen-bond acceptors (Lipinski definition) is 1. The third kappa shape index (κ3) is 4.45. The molecule has 3 heterocycles. The number of benzene rings is 8. The van der Waals surface area contributed by atoms with Crippen molar-refractivity contribution in [2.45, 2.75) is 0 Å². The zero-order chi connectivity index (χ0) is 36.6. The van der Waals surface area contributed by atoms with E-state index >= 15 is 0 Å². The Balaban J connectivity index is 1.17. The summed E-state index contributed by atoms with van der Waals surface area (Å²) < 4.78 is 6.90. The third-order valence-electron chi connectivity index (χ3n) is 11.1. The van der Waals surface area contributed by atoms with Crippen molar-refractivity contribution in [3.63, 3.8) is 0 Å². The van der Waals surface area contributed by atoms with Crippen LogP contribution in [0.25, 0.3) is 98.5 Å². The summed E-state index contributed by atoms with van der Waals surface area (Å²) in [7, 11) is 0. The number of fused-ring (bicyclic) bond motifs is 9. The summed E-state index contributed by atoms with van der Waals surface area (Å²) in [6.45, 7) is 7.70. The monoisotopic (exact) mass is 699 g/mol. The maximum Gasteiger partial charge on any atom is 0.189 e. The molecule has 0 amide bonds. The van der Waals surface area contributed by atoms with Crippen LogP contribution in [0.4, 0.5) is 5.69 Å². The highest BCUT2D eigenvalue weighted by Gasteiger charge is 2.22. The first-order valence-electron chi connectivity index (χ1n) is 18.3. The lowest BCUT2D eigenvalue weighted by atomic mass is 10.0. The molecular weight excluding hydrogens is 671 g/mol. The van der Waals surface area contributed by atoms with E-state index in [2.05, 4.69) is 176 Å². The van der Waals surface area contributed by atoms with Crippen molar-refractivity contribution in [3.05, 3.63) is 193 Å². The van der Waals surface area contributed by atoms with Gasteiger partial charge in [0.15, 0.2) is 5.69 Å². The summed E-state index contributed by atoms with van der Waals surface area (Å²) in [5, 5.41) is 17.6. The highest BCUT2D eigenvalue weighted by Crippen LogP contribution is 2.41. The molecule has 11 rings (SSSR count). The van der Waals surface area contributed by atoms with Crippen LogP contribution in [0, 0.1) is 17.9 Å². The van der Waals surface area contributed by atoms with Gasteiger partial charge in [0.25, 0.3) is 0 Å². The molecule has 0 unspecified atom stereocenters. The molecule has 3 aromatic heterocycles. The van der Waals surface area contributed by atoms with E-state index in [1.54, 1.807) is 0 Å². The second-order valence-corrected chi connectivity index (χ2v) is 14.0. The highest BCUT2D eigenvalue weighted by molar-refractivity contribution is 6.15. The third-order valence-corrected chi connectivity index (χ3v) is 11.1. The molecule has 0 radical (unpaired) electrons. The fourth-order valence-corrected chi connectivity index (χ4v) is 8.74. The van der Waals surface area contributed by atoms with Gasteiger partial charge in [0.1, 0.15) is 6.07 Å². The Morgan fingerprint density at radius 3 is 1.62 bits per heavy atom. The largest absolute Gasteiger partial charge is 0.310 e. The zero-order valence-electron chi connectivity index (χ0n) is 29.5. The van der Waals surface area contributed by atoms with E-state index < -0.39 is 0 Å². The standard InChI is InChI=1S/C50H29N5/c1-52-35-26-27-41-39-16-2-6-19-43(39)53(49(41)30-35)36-13-10-12-32(28-36)33-24-25-34(31-51)48(29-33)55-46-22-9-5-17-40(46)42-18-11-23-47(50(42)55)54-44-20-7-3-14-37(44)38-15-4-8-21-45(38)54/h2-30H. The average molecular weight is 700 g/mol. The average Bonchev–Trinajstić information content (AvgIpc) is 3.89. The van der Waals surface area contributed by atoms with Crippen molar-refractivity contribution in [2.24, 2.45) is 0 Å². The summed E-state index contributed by atoms with van der Waals surface area (Å²) in [6.07, 6.45) is 0. The lowest BCUT2D eigenvalue weighted by Crippen LogP contribution is -2.02. The molecule has 5 heteroatoms. The summed E-state index contributed by atoms with van der Waals surface area (Å²) in [6, 6.07) is 63.7. The quantitative estimate of drug-likeness (QED) is 0.169. The van der Waals surface area contributed by atoms with Crippen molar-refractivity contribution in [2.75, 3.05) is 0 Å². The normalized spacial score (nSPS) is 11.6. The van der Waals surface area contributed by atoms with Crippen LogP contribution in [-0.4, -0.2) is 13.7 Å². The summed E-state index contributed by atoms with van der Waals surface area (Å²) >= 11 is 0. The molecule has 0 bridgehead atoms. The maximum absolute atomic E-state index is 10.7. The molecule has 55 heavy (non-hydrogen) atoms. The van der Waals surface area contributed by atoms with Crippen molar-refractivity contribution in [3.8, 4) is 34.3 Å². The van der Waals surface area contributed by atoms with E-state index in [0.29, 0.717) is 11.3 Å². The minimum Gasteiger partial charge on any atom is -0.310 e. The van der Waals surface area contributed by atoms with Crippen LogP contribution < -0.4 is 0 Å². The number of aromatic nitrogens is 3. The van der Waals surface area contributed by atoms with Crippen LogP contribution in [0.2, 0.25) is 0 Å². The predicted octanol–water partition coefficient (Wildman–Crippen LogP) is 13.1. The fourth-order valence-electron chi connectivity index (χ4n) is 8.74. The minimum atomic E-state index is 0.591. The van der Waals surface area contributed by atoms with Gasteiger partial charge in [-0.15, -0.1) is 0 Å². The second-order valence-electron chi connectivity index (χ2n) is 14.0. The van der Waals surface area contributed by atoms with Gasteiger partial charge < -0.3 is 13.7 Å². The Kier molecular flexibility index (Phi) is 6.61. The van der Waals surface area contributed by atoms with Crippen molar-refractivity contribution < 1.29 is 0 Å². The Bertz CT molecular complexity index is 3420. The van der Waals surface area contributed by atoms with Gasteiger partial charge in [0, 0.05) is 43.5 Å². The van der Waals surface area contributed by atoms with Gasteiger partial charge in [0.05, 0.1) is 51.1 Å². The topological polar surface area (TPSA) is 42.9 Å². The van der Waals surface area contributed by atoms with E-state index in [1.807, 2.05) is 24.3 Å². The van der Waals surface area contributed by atoms with Gasteiger partial charge >= 0.3 is 0 Å². The lowest BCUT2D eigenvalue weighted by Gasteiger charge is -2.16. The number of hydrogen-bond donors (Lipinski definition) is 0. The van der Waals surface area contributed by atoms with Crippen LogP contribution in [0.3, 0.4) is 0 Å². The molecule has 11 aromatic rings. The van der Waals surface area contributed by atoms with Gasteiger partial charge in [-0.1, -0.05) is 115 Å². The Labute approximate surface area is 316 Å². The summed E-state index contributed by atoms with van der Waals surface area (Å²) in [5.41, 5.74) is 12.5. The van der Waals surface area contributed by atoms with Gasteiger partial charge in [-0.3, -0.25) is 0 Å². The molecule has 5 nitrogen and oxygen atoms in total. The molecule has 254 valence electrons. The first-order chi connectivity index (χ1) is 27.2. The molecule has 0 saturated carbocycles. The molecule has 0 spiro atoms. The van der Waals surface area contributed by atoms with Crippen molar-refractivity contribution in [1.82, 2.24) is 13.7 Å². The number of rotatable bonds is 4. The molecule has 0 fully saturated rings. The molecular formula is C50H29N5. The molecule has 0 N–H and O–H groups in total. The maximum atomic E-state index is 10.7. The number of nitrogens with zero attached hydrogens (tertiary/aromatic N) is 5. The van der Waals surface area contributed by atoms with E-state index in [9.17, 15) is 5.26 Å². The smallest absolute Gasteiger partial charge is 0.189 e. The minimum absolute atomic E-state index is 0.591. The van der Waals surface area contributed by atoms with Crippen LogP contribution >= 0.6 is 0 Å². The highest BCUT2D eigenvalue weighted by atomic mass is 15.1. The van der Waals surface area contributed by atoms with E-state index in [0.717, 1.165) is 82.8 Å². The van der Waals surface area contributed by atoms with Gasteiger partial charge in [-0.2, -0.15) is 5.26 Å². The Hall–Kier alpha value is -7.86. The van der Waals surface area contributed by atoms with Crippen molar-refractivity contribution >= 4 is 71.1 Å². The van der Waals surface area contributed by atoms with Crippen molar-refractivity contribution in [1.29, 1.82) is 5.26 Å². The van der Waals surface area contributed by atoms with Gasteiger partial charge in [-0.05, 0) is 71.8 Å². The summed E-state index contributed by atoms with van der Waals surface area (Å²) in [4.78, 5) is 3.74. The fraction of sp³-hybridized carbons (Fsp3) is 0. The molecule has 0 aliphatic carbocycles. The Morgan fingerprint density at radius 2 is 0.964 bits per heavy atom. The first kappa shape index (κ1) is 30.7. The number of nitriles is 1. The Morgan fingerprint density at radius 1 is 0.418 bits per heavy atom. The molecule has 0 aliphatic heterocycles. The summed E-state index contributed by atoms with van der Waals surface area (Å²) in [5.74, 6) is 0. The molecule has 0 saturated heterocycles. The van der Waals surface area contributed by atoms with Gasteiger partial charge in [0.2, 0.25) is 0 Å². The van der Waals surface area contributed by atoms with E-state index in [-0.39, 0.29) is 0 Å².